The number of pyridine rings is 1. The molecule has 0 unspecified atom stereocenters. The third-order valence-electron chi connectivity index (χ3n) is 5.68. The molecule has 2 aliphatic heterocycles. The molecule has 0 N–H and O–H groups in total. The number of fused-ring (bicyclic) bond motifs is 1. The van der Waals surface area contributed by atoms with Gasteiger partial charge in [-0.05, 0) is 25.1 Å². The Labute approximate surface area is 167 Å². The summed E-state index contributed by atoms with van der Waals surface area (Å²) in [4.78, 5) is 6.97. The van der Waals surface area contributed by atoms with Gasteiger partial charge < -0.3 is 4.74 Å². The molecule has 1 fully saturated rings. The lowest BCUT2D eigenvalue weighted by Crippen LogP contribution is -2.53. The predicted molar refractivity (Wildman–Crippen MR) is 109 cm³/mol. The predicted octanol–water partition coefficient (Wildman–Crippen LogP) is 2.58. The molecule has 0 radical (unpaired) electrons. The number of hydrogen-bond donors (Lipinski definition) is 0. The summed E-state index contributed by atoms with van der Waals surface area (Å²) in [6.07, 6.45) is 2.87. The van der Waals surface area contributed by atoms with Gasteiger partial charge in [0.1, 0.15) is 11.4 Å². The fourth-order valence-electron chi connectivity index (χ4n) is 4.10. The molecule has 2 aliphatic rings. The smallest absolute Gasteiger partial charge is 0.211 e. The first-order chi connectivity index (χ1) is 13.3. The van der Waals surface area contributed by atoms with Crippen LogP contribution in [0.3, 0.4) is 0 Å². The van der Waals surface area contributed by atoms with Crippen molar-refractivity contribution in [3.63, 3.8) is 0 Å². The first kappa shape index (κ1) is 19.4. The molecule has 7 heteroatoms. The quantitative estimate of drug-likeness (QED) is 0.791. The van der Waals surface area contributed by atoms with Gasteiger partial charge in [-0.25, -0.2) is 8.42 Å². The zero-order valence-electron chi connectivity index (χ0n) is 16.5. The number of aryl methyl sites for hydroxylation is 1. The molecular weight excluding hydrogens is 374 g/mol. The number of aromatic nitrogens is 1. The Bertz CT molecular complexity index is 953. The minimum Gasteiger partial charge on any atom is -0.485 e. The second-order valence-electron chi connectivity index (χ2n) is 7.97. The van der Waals surface area contributed by atoms with Crippen LogP contribution in [0.1, 0.15) is 29.8 Å². The number of nitrogens with zero attached hydrogens (tertiary/aromatic N) is 3. The van der Waals surface area contributed by atoms with Crippen molar-refractivity contribution < 1.29 is 13.2 Å². The van der Waals surface area contributed by atoms with E-state index in [1.807, 2.05) is 43.3 Å². The number of likely N-dealkylation sites (tertiary alicyclic amines) is 1. The molecule has 1 aromatic heterocycles. The summed E-state index contributed by atoms with van der Waals surface area (Å²) in [6, 6.07) is 13.9. The molecule has 0 saturated carbocycles. The summed E-state index contributed by atoms with van der Waals surface area (Å²) in [5.41, 5.74) is 2.54. The standard InChI is InChI=1S/C21H27N3O3S/c1-17-6-5-8-19(22-17)15-23-12-10-21(11-13-23)16-24(28(2,25)26)14-18-7-3-4-9-20(18)27-21/h3-9H,10-16H2,1-2H3. The van der Waals surface area contributed by atoms with E-state index in [-0.39, 0.29) is 0 Å². The van der Waals surface area contributed by atoms with Crippen molar-refractivity contribution in [3.05, 3.63) is 59.4 Å². The van der Waals surface area contributed by atoms with E-state index in [0.717, 1.165) is 55.2 Å². The summed E-state index contributed by atoms with van der Waals surface area (Å²) in [5, 5.41) is 0. The van der Waals surface area contributed by atoms with Crippen molar-refractivity contribution in [1.29, 1.82) is 0 Å². The van der Waals surface area contributed by atoms with Gasteiger partial charge in [0.25, 0.3) is 0 Å². The Kier molecular flexibility index (Phi) is 5.16. The average molecular weight is 402 g/mol. The molecule has 1 saturated heterocycles. The largest absolute Gasteiger partial charge is 0.485 e. The van der Waals surface area contributed by atoms with Gasteiger partial charge in [-0.2, -0.15) is 4.31 Å². The van der Waals surface area contributed by atoms with Gasteiger partial charge in [-0.1, -0.05) is 24.3 Å². The maximum atomic E-state index is 12.4. The summed E-state index contributed by atoms with van der Waals surface area (Å²) < 4.78 is 32.8. The molecule has 0 aliphatic carbocycles. The Morgan fingerprint density at radius 2 is 1.86 bits per heavy atom. The van der Waals surface area contributed by atoms with Crippen molar-refractivity contribution >= 4 is 10.0 Å². The molecule has 0 amide bonds. The van der Waals surface area contributed by atoms with Crippen molar-refractivity contribution in [2.24, 2.45) is 0 Å². The second kappa shape index (κ2) is 7.46. The highest BCUT2D eigenvalue weighted by Crippen LogP contribution is 2.36. The van der Waals surface area contributed by atoms with Gasteiger partial charge in [0.2, 0.25) is 10.0 Å². The van der Waals surface area contributed by atoms with Gasteiger partial charge >= 0.3 is 0 Å². The van der Waals surface area contributed by atoms with E-state index in [0.29, 0.717) is 13.1 Å². The van der Waals surface area contributed by atoms with Gasteiger partial charge in [0.05, 0.1) is 18.5 Å². The van der Waals surface area contributed by atoms with E-state index < -0.39 is 15.6 Å². The highest BCUT2D eigenvalue weighted by Gasteiger charge is 2.42. The highest BCUT2D eigenvalue weighted by molar-refractivity contribution is 7.88. The van der Waals surface area contributed by atoms with Gasteiger partial charge in [0.15, 0.2) is 0 Å². The van der Waals surface area contributed by atoms with E-state index in [1.54, 1.807) is 4.31 Å². The zero-order valence-corrected chi connectivity index (χ0v) is 17.3. The SMILES string of the molecule is Cc1cccc(CN2CCC3(CC2)CN(S(C)(=O)=O)Cc2ccccc2O3)n1. The summed E-state index contributed by atoms with van der Waals surface area (Å²) >= 11 is 0. The monoisotopic (exact) mass is 401 g/mol. The Morgan fingerprint density at radius 1 is 1.11 bits per heavy atom. The Hall–Kier alpha value is -1.96. The summed E-state index contributed by atoms with van der Waals surface area (Å²) in [6.45, 7) is 5.30. The third kappa shape index (κ3) is 4.21. The Balaban J connectivity index is 1.52. The van der Waals surface area contributed by atoms with Crippen molar-refractivity contribution in [3.8, 4) is 5.75 Å². The topological polar surface area (TPSA) is 62.7 Å². The molecule has 0 atom stereocenters. The summed E-state index contributed by atoms with van der Waals surface area (Å²) in [7, 11) is -3.30. The highest BCUT2D eigenvalue weighted by atomic mass is 32.2. The van der Waals surface area contributed by atoms with Crippen LogP contribution >= 0.6 is 0 Å². The number of piperidine rings is 1. The van der Waals surface area contributed by atoms with Crippen LogP contribution in [0.25, 0.3) is 0 Å². The van der Waals surface area contributed by atoms with Crippen LogP contribution in [0.5, 0.6) is 5.75 Å². The number of ether oxygens (including phenoxy) is 1. The van der Waals surface area contributed by atoms with E-state index in [2.05, 4.69) is 16.0 Å². The lowest BCUT2D eigenvalue weighted by Gasteiger charge is -2.42. The molecule has 28 heavy (non-hydrogen) atoms. The van der Waals surface area contributed by atoms with Crippen LogP contribution in [0.4, 0.5) is 0 Å². The molecule has 0 bridgehead atoms. The molecule has 1 aromatic carbocycles. The van der Waals surface area contributed by atoms with Gasteiger partial charge in [-0.15, -0.1) is 0 Å². The molecule has 6 nitrogen and oxygen atoms in total. The first-order valence-corrected chi connectivity index (χ1v) is 11.5. The van der Waals surface area contributed by atoms with Crippen LogP contribution in [0.15, 0.2) is 42.5 Å². The van der Waals surface area contributed by atoms with E-state index in [1.165, 1.54) is 6.26 Å². The maximum absolute atomic E-state index is 12.4. The fraction of sp³-hybridized carbons (Fsp3) is 0.476. The fourth-order valence-corrected chi connectivity index (χ4v) is 4.94. The van der Waals surface area contributed by atoms with Crippen molar-refractivity contribution in [1.82, 2.24) is 14.2 Å². The van der Waals surface area contributed by atoms with Crippen LogP contribution in [0, 0.1) is 6.92 Å². The lowest BCUT2D eigenvalue weighted by molar-refractivity contribution is -0.00771. The van der Waals surface area contributed by atoms with Gasteiger partial charge in [-0.3, -0.25) is 9.88 Å². The molecule has 150 valence electrons. The maximum Gasteiger partial charge on any atom is 0.211 e. The van der Waals surface area contributed by atoms with Crippen LogP contribution in [0.2, 0.25) is 0 Å². The normalized spacial score (nSPS) is 20.4. The van der Waals surface area contributed by atoms with Crippen molar-refractivity contribution in [2.45, 2.75) is 38.5 Å². The number of sulfonamides is 1. The average Bonchev–Trinajstić information content (AvgIpc) is 2.80. The minimum atomic E-state index is -3.30. The van der Waals surface area contributed by atoms with E-state index in [4.69, 9.17) is 4.74 Å². The molecule has 3 heterocycles. The number of hydrogen-bond acceptors (Lipinski definition) is 5. The molecular formula is C21H27N3O3S. The summed E-state index contributed by atoms with van der Waals surface area (Å²) in [5.74, 6) is 0.808. The van der Waals surface area contributed by atoms with Crippen LogP contribution < -0.4 is 4.74 Å². The zero-order chi connectivity index (χ0) is 19.8. The van der Waals surface area contributed by atoms with Crippen molar-refractivity contribution in [2.75, 3.05) is 25.9 Å². The first-order valence-electron chi connectivity index (χ1n) is 9.70. The number of rotatable bonds is 3. The number of benzene rings is 1. The minimum absolute atomic E-state index is 0.369. The Morgan fingerprint density at radius 3 is 2.57 bits per heavy atom. The third-order valence-corrected chi connectivity index (χ3v) is 6.87. The van der Waals surface area contributed by atoms with E-state index in [9.17, 15) is 8.42 Å². The van der Waals surface area contributed by atoms with E-state index >= 15 is 0 Å². The second-order valence-corrected chi connectivity index (χ2v) is 9.95. The lowest BCUT2D eigenvalue weighted by atomic mass is 9.90. The molecule has 4 rings (SSSR count). The molecule has 2 aromatic rings. The van der Waals surface area contributed by atoms with Gasteiger partial charge in [0, 0.05) is 50.3 Å². The molecule has 1 spiro atoms. The van der Waals surface area contributed by atoms with Crippen LogP contribution in [-0.2, 0) is 23.1 Å². The number of para-hydroxylation sites is 1. The van der Waals surface area contributed by atoms with Crippen LogP contribution in [-0.4, -0.2) is 54.1 Å².